The van der Waals surface area contributed by atoms with Crippen molar-refractivity contribution in [2.24, 2.45) is 0 Å². The Morgan fingerprint density at radius 2 is 2.04 bits per heavy atom. The van der Waals surface area contributed by atoms with Crippen LogP contribution in [0.2, 0.25) is 0 Å². The summed E-state index contributed by atoms with van der Waals surface area (Å²) in [6.45, 7) is 2.00. The summed E-state index contributed by atoms with van der Waals surface area (Å²) >= 11 is 0.889. The summed E-state index contributed by atoms with van der Waals surface area (Å²) in [6.07, 6.45) is 2.72. The van der Waals surface area contributed by atoms with E-state index in [1.54, 1.807) is 23.1 Å². The number of nitrogens with zero attached hydrogens (tertiary/aromatic N) is 3. The van der Waals surface area contributed by atoms with Gasteiger partial charge in [-0.3, -0.25) is 4.79 Å². The fraction of sp³-hybridized carbons (Fsp3) is 0.471. The minimum atomic E-state index is -3.38. The number of rotatable bonds is 3. The number of hydrogen-bond acceptors (Lipinski definition) is 8. The molecule has 0 unspecified atom stereocenters. The standard InChI is InChI=1S/C17H19N3O5S2/c1-27(22,23)17-15(18-19-26-17)12-3-2-6-20(10-12)16(21)11-4-5-13-14(9-11)25-8-7-24-13/h4-5,9,12H,2-3,6-8,10H2,1H3/t12-/m0/s1. The van der Waals surface area contributed by atoms with Crippen LogP contribution in [-0.2, 0) is 9.84 Å². The van der Waals surface area contributed by atoms with Gasteiger partial charge >= 0.3 is 0 Å². The molecule has 0 N–H and O–H groups in total. The molecule has 1 amide bonds. The lowest BCUT2D eigenvalue weighted by Gasteiger charge is -2.32. The quantitative estimate of drug-likeness (QED) is 0.761. The first-order valence-corrected chi connectivity index (χ1v) is 11.3. The second kappa shape index (κ2) is 7.08. The molecular formula is C17H19N3O5S2. The Labute approximate surface area is 161 Å². The number of benzene rings is 1. The van der Waals surface area contributed by atoms with Crippen LogP contribution >= 0.6 is 11.5 Å². The Morgan fingerprint density at radius 1 is 1.26 bits per heavy atom. The van der Waals surface area contributed by atoms with E-state index in [0.29, 0.717) is 49.1 Å². The third kappa shape index (κ3) is 3.63. The predicted molar refractivity (Wildman–Crippen MR) is 98.3 cm³/mol. The minimum absolute atomic E-state index is 0.110. The number of carbonyl (C=O) groups excluding carboxylic acids is 1. The Morgan fingerprint density at radius 3 is 2.81 bits per heavy atom. The van der Waals surface area contributed by atoms with Gasteiger partial charge in [0.25, 0.3) is 5.91 Å². The van der Waals surface area contributed by atoms with Crippen molar-refractivity contribution in [2.75, 3.05) is 32.6 Å². The molecule has 0 aliphatic carbocycles. The molecule has 0 bridgehead atoms. The summed E-state index contributed by atoms with van der Waals surface area (Å²) in [6, 6.07) is 5.17. The number of aromatic nitrogens is 2. The number of likely N-dealkylation sites (tertiary alicyclic amines) is 1. The fourth-order valence-electron chi connectivity index (χ4n) is 3.44. The van der Waals surface area contributed by atoms with Crippen molar-refractivity contribution in [3.05, 3.63) is 29.5 Å². The molecular weight excluding hydrogens is 390 g/mol. The highest BCUT2D eigenvalue weighted by molar-refractivity contribution is 7.92. The Balaban J connectivity index is 1.55. The molecule has 2 aromatic rings. The lowest BCUT2D eigenvalue weighted by atomic mass is 9.95. The molecule has 10 heteroatoms. The van der Waals surface area contributed by atoms with Crippen LogP contribution in [0.1, 0.15) is 34.8 Å². The zero-order valence-electron chi connectivity index (χ0n) is 14.8. The first-order chi connectivity index (χ1) is 12.9. The van der Waals surface area contributed by atoms with E-state index >= 15 is 0 Å². The molecule has 1 aromatic carbocycles. The molecule has 0 saturated carbocycles. The van der Waals surface area contributed by atoms with Gasteiger partial charge in [-0.15, -0.1) is 5.10 Å². The van der Waals surface area contributed by atoms with Crippen molar-refractivity contribution in [1.29, 1.82) is 0 Å². The topological polar surface area (TPSA) is 98.7 Å². The second-order valence-corrected chi connectivity index (χ2v) is 9.63. The predicted octanol–water partition coefficient (Wildman–Crippen LogP) is 1.73. The molecule has 8 nitrogen and oxygen atoms in total. The summed E-state index contributed by atoms with van der Waals surface area (Å²) in [5, 5.41) is 4.05. The van der Waals surface area contributed by atoms with Crippen molar-refractivity contribution in [3.63, 3.8) is 0 Å². The van der Waals surface area contributed by atoms with E-state index in [-0.39, 0.29) is 16.0 Å². The van der Waals surface area contributed by atoms with E-state index < -0.39 is 9.84 Å². The van der Waals surface area contributed by atoms with Crippen LogP contribution in [0, 0.1) is 0 Å². The van der Waals surface area contributed by atoms with Gasteiger partial charge in [0.2, 0.25) is 0 Å². The third-order valence-electron chi connectivity index (χ3n) is 4.70. The third-order valence-corrected chi connectivity index (χ3v) is 7.26. The van der Waals surface area contributed by atoms with E-state index in [1.807, 2.05) is 0 Å². The van der Waals surface area contributed by atoms with Crippen LogP contribution in [0.25, 0.3) is 0 Å². The number of carbonyl (C=O) groups is 1. The summed E-state index contributed by atoms with van der Waals surface area (Å²) in [5.74, 6) is 0.966. The maximum Gasteiger partial charge on any atom is 0.254 e. The molecule has 1 aromatic heterocycles. The van der Waals surface area contributed by atoms with Gasteiger partial charge in [-0.2, -0.15) is 0 Å². The van der Waals surface area contributed by atoms with E-state index in [4.69, 9.17) is 9.47 Å². The highest BCUT2D eigenvalue weighted by Crippen LogP contribution is 2.34. The minimum Gasteiger partial charge on any atom is -0.486 e. The largest absolute Gasteiger partial charge is 0.486 e. The zero-order valence-corrected chi connectivity index (χ0v) is 16.4. The normalized spacial score (nSPS) is 19.7. The Kier molecular flexibility index (Phi) is 4.77. The van der Waals surface area contributed by atoms with Gasteiger partial charge in [0.05, 0.1) is 5.69 Å². The van der Waals surface area contributed by atoms with Gasteiger partial charge < -0.3 is 14.4 Å². The number of ether oxygens (including phenoxy) is 2. The molecule has 3 heterocycles. The zero-order chi connectivity index (χ0) is 19.0. The van der Waals surface area contributed by atoms with Gasteiger partial charge in [-0.05, 0) is 31.0 Å². The molecule has 4 rings (SSSR count). The number of fused-ring (bicyclic) bond motifs is 1. The first kappa shape index (κ1) is 18.2. The molecule has 27 heavy (non-hydrogen) atoms. The highest BCUT2D eigenvalue weighted by Gasteiger charge is 2.31. The van der Waals surface area contributed by atoms with Gasteiger partial charge in [-0.1, -0.05) is 4.49 Å². The van der Waals surface area contributed by atoms with Gasteiger partial charge in [0, 0.05) is 42.4 Å². The summed E-state index contributed by atoms with van der Waals surface area (Å²) in [4.78, 5) is 14.7. The van der Waals surface area contributed by atoms with Crippen molar-refractivity contribution in [1.82, 2.24) is 14.5 Å². The van der Waals surface area contributed by atoms with E-state index in [1.165, 1.54) is 0 Å². The number of piperidine rings is 1. The van der Waals surface area contributed by atoms with Crippen molar-refractivity contribution in [2.45, 2.75) is 23.0 Å². The van der Waals surface area contributed by atoms with Crippen molar-refractivity contribution < 1.29 is 22.7 Å². The monoisotopic (exact) mass is 409 g/mol. The van der Waals surface area contributed by atoms with Gasteiger partial charge in [0.15, 0.2) is 25.5 Å². The van der Waals surface area contributed by atoms with Gasteiger partial charge in [-0.25, -0.2) is 8.42 Å². The maximum atomic E-state index is 13.0. The SMILES string of the molecule is CS(=O)(=O)c1snnc1[C@H]1CCCN(C(=O)c2ccc3c(c2)OCCO3)C1. The van der Waals surface area contributed by atoms with Crippen LogP contribution < -0.4 is 9.47 Å². The van der Waals surface area contributed by atoms with E-state index in [0.717, 1.165) is 30.6 Å². The fourth-order valence-corrected chi connectivity index (χ4v) is 5.17. The van der Waals surface area contributed by atoms with Crippen LogP contribution in [0.4, 0.5) is 0 Å². The van der Waals surface area contributed by atoms with Crippen molar-refractivity contribution in [3.8, 4) is 11.5 Å². The van der Waals surface area contributed by atoms with Crippen LogP contribution in [-0.4, -0.2) is 61.4 Å². The molecule has 1 atom stereocenters. The van der Waals surface area contributed by atoms with Crippen molar-refractivity contribution >= 4 is 27.3 Å². The maximum absolute atomic E-state index is 13.0. The summed E-state index contributed by atoms with van der Waals surface area (Å²) < 4.78 is 39.0. The molecule has 1 saturated heterocycles. The van der Waals surface area contributed by atoms with Gasteiger partial charge in [0.1, 0.15) is 13.2 Å². The molecule has 144 valence electrons. The number of hydrogen-bond donors (Lipinski definition) is 0. The average molecular weight is 409 g/mol. The average Bonchev–Trinajstić information content (AvgIpc) is 3.18. The summed E-state index contributed by atoms with van der Waals surface area (Å²) in [7, 11) is -3.38. The Bertz CT molecular complexity index is 973. The molecule has 2 aliphatic heterocycles. The molecule has 1 fully saturated rings. The molecule has 2 aliphatic rings. The van der Waals surface area contributed by atoms with Crippen LogP contribution in [0.3, 0.4) is 0 Å². The van der Waals surface area contributed by atoms with E-state index in [2.05, 4.69) is 9.59 Å². The lowest BCUT2D eigenvalue weighted by Crippen LogP contribution is -2.39. The Hall–Kier alpha value is -2.20. The molecule has 0 spiro atoms. The summed E-state index contributed by atoms with van der Waals surface area (Å²) in [5.41, 5.74) is 1.00. The highest BCUT2D eigenvalue weighted by atomic mass is 32.2. The number of amides is 1. The molecule has 0 radical (unpaired) electrons. The first-order valence-electron chi connectivity index (χ1n) is 8.65. The van der Waals surface area contributed by atoms with E-state index in [9.17, 15) is 13.2 Å². The lowest BCUT2D eigenvalue weighted by molar-refractivity contribution is 0.0704. The number of sulfone groups is 1. The smallest absolute Gasteiger partial charge is 0.254 e. The van der Waals surface area contributed by atoms with Crippen LogP contribution in [0.15, 0.2) is 22.4 Å². The van der Waals surface area contributed by atoms with Crippen LogP contribution in [0.5, 0.6) is 11.5 Å². The second-order valence-electron chi connectivity index (χ2n) is 6.67.